The SMILES string of the molecule is O=C(Cc1cc(Cl)cc(Cl)c1)C1CC12CCN(C(=O)OCc1ccccc1)CC2. The lowest BCUT2D eigenvalue weighted by Gasteiger charge is -2.32. The van der Waals surface area contributed by atoms with Crippen molar-refractivity contribution in [1.29, 1.82) is 0 Å². The van der Waals surface area contributed by atoms with Gasteiger partial charge >= 0.3 is 6.09 Å². The summed E-state index contributed by atoms with van der Waals surface area (Å²) >= 11 is 12.1. The predicted octanol–water partition coefficient (Wildman–Crippen LogP) is 5.54. The van der Waals surface area contributed by atoms with Crippen LogP contribution in [-0.2, 0) is 22.6 Å². The maximum Gasteiger partial charge on any atom is 0.410 e. The Balaban J connectivity index is 1.26. The average Bonchev–Trinajstić information content (AvgIpc) is 3.40. The third-order valence-electron chi connectivity index (χ3n) is 6.10. The minimum atomic E-state index is -0.277. The van der Waals surface area contributed by atoms with Gasteiger partial charge in [0.2, 0.25) is 0 Å². The summed E-state index contributed by atoms with van der Waals surface area (Å²) in [6.45, 7) is 1.56. The second-order valence-corrected chi connectivity index (χ2v) is 8.94. The molecule has 4 nitrogen and oxygen atoms in total. The quantitative estimate of drug-likeness (QED) is 0.623. The Labute approximate surface area is 180 Å². The van der Waals surface area contributed by atoms with Gasteiger partial charge in [0.05, 0.1) is 0 Å². The molecular formula is C23H23Cl2NO3. The second-order valence-electron chi connectivity index (χ2n) is 8.07. The topological polar surface area (TPSA) is 46.6 Å². The molecule has 2 aromatic carbocycles. The molecule has 2 aliphatic rings. The van der Waals surface area contributed by atoms with Crippen LogP contribution in [0, 0.1) is 11.3 Å². The molecule has 1 atom stereocenters. The molecule has 0 radical (unpaired) electrons. The number of halogens is 2. The lowest BCUT2D eigenvalue weighted by Crippen LogP contribution is -2.40. The van der Waals surface area contributed by atoms with Gasteiger partial charge in [-0.05, 0) is 54.0 Å². The molecule has 1 heterocycles. The molecule has 1 aliphatic carbocycles. The second kappa shape index (κ2) is 8.37. The molecule has 2 aromatic rings. The first-order valence-corrected chi connectivity index (χ1v) is 10.6. The number of carbonyl (C=O) groups is 2. The molecule has 0 bridgehead atoms. The number of carbonyl (C=O) groups excluding carboxylic acids is 2. The van der Waals surface area contributed by atoms with Gasteiger partial charge in [-0.3, -0.25) is 4.79 Å². The van der Waals surface area contributed by atoms with Gasteiger partial charge in [-0.2, -0.15) is 0 Å². The van der Waals surface area contributed by atoms with E-state index in [1.165, 1.54) is 0 Å². The molecule has 4 rings (SSSR count). The number of ketones is 1. The normalized spacial score (nSPS) is 19.8. The smallest absolute Gasteiger partial charge is 0.410 e. The van der Waals surface area contributed by atoms with Gasteiger partial charge in [0.25, 0.3) is 0 Å². The number of rotatable bonds is 5. The van der Waals surface area contributed by atoms with Crippen molar-refractivity contribution in [2.24, 2.45) is 11.3 Å². The van der Waals surface area contributed by atoms with Crippen molar-refractivity contribution < 1.29 is 14.3 Å². The summed E-state index contributed by atoms with van der Waals surface area (Å²) in [5, 5.41) is 1.10. The Bertz CT molecular complexity index is 887. The van der Waals surface area contributed by atoms with E-state index in [1.54, 1.807) is 23.1 Å². The minimum Gasteiger partial charge on any atom is -0.445 e. The zero-order chi connectivity index (χ0) is 20.4. The van der Waals surface area contributed by atoms with Crippen LogP contribution in [0.4, 0.5) is 4.79 Å². The highest BCUT2D eigenvalue weighted by Crippen LogP contribution is 2.60. The molecule has 1 aliphatic heterocycles. The fourth-order valence-corrected chi connectivity index (χ4v) is 4.91. The molecule has 1 saturated heterocycles. The summed E-state index contributed by atoms with van der Waals surface area (Å²) < 4.78 is 5.43. The molecule has 2 fully saturated rings. The summed E-state index contributed by atoms with van der Waals surface area (Å²) in [7, 11) is 0. The van der Waals surface area contributed by atoms with Gasteiger partial charge < -0.3 is 9.64 Å². The Morgan fingerprint density at radius 2 is 1.66 bits per heavy atom. The van der Waals surface area contributed by atoms with Crippen molar-refractivity contribution in [3.05, 3.63) is 69.7 Å². The van der Waals surface area contributed by atoms with Crippen molar-refractivity contribution in [3.8, 4) is 0 Å². The Hall–Kier alpha value is -2.04. The van der Waals surface area contributed by atoms with E-state index in [9.17, 15) is 9.59 Å². The number of likely N-dealkylation sites (tertiary alicyclic amines) is 1. The Kier molecular flexibility index (Phi) is 5.84. The van der Waals surface area contributed by atoms with E-state index in [2.05, 4.69) is 0 Å². The molecule has 6 heteroatoms. The number of Topliss-reactive ketones (excluding diaryl/α,β-unsaturated/α-hetero) is 1. The molecule has 1 saturated carbocycles. The van der Waals surface area contributed by atoms with Crippen LogP contribution in [0.15, 0.2) is 48.5 Å². The van der Waals surface area contributed by atoms with E-state index in [-0.39, 0.29) is 29.8 Å². The number of piperidine rings is 1. The monoisotopic (exact) mass is 431 g/mol. The summed E-state index contributed by atoms with van der Waals surface area (Å²) in [6, 6.07) is 14.9. The van der Waals surface area contributed by atoms with Crippen LogP contribution in [0.2, 0.25) is 10.0 Å². The van der Waals surface area contributed by atoms with E-state index in [4.69, 9.17) is 27.9 Å². The average molecular weight is 432 g/mol. The van der Waals surface area contributed by atoms with Crippen molar-refractivity contribution in [2.45, 2.75) is 32.3 Å². The van der Waals surface area contributed by atoms with Crippen LogP contribution >= 0.6 is 23.2 Å². The molecular weight excluding hydrogens is 409 g/mol. The maximum atomic E-state index is 12.8. The first-order chi connectivity index (χ1) is 13.9. The van der Waals surface area contributed by atoms with Crippen LogP contribution in [-0.4, -0.2) is 29.9 Å². The molecule has 29 heavy (non-hydrogen) atoms. The number of benzene rings is 2. The van der Waals surface area contributed by atoms with Crippen molar-refractivity contribution in [3.63, 3.8) is 0 Å². The lowest BCUT2D eigenvalue weighted by atomic mass is 9.89. The molecule has 1 amide bonds. The number of hydrogen-bond donors (Lipinski definition) is 0. The van der Waals surface area contributed by atoms with Crippen LogP contribution in [0.1, 0.15) is 30.4 Å². The summed E-state index contributed by atoms with van der Waals surface area (Å²) in [5.74, 6) is 0.311. The maximum absolute atomic E-state index is 12.8. The van der Waals surface area contributed by atoms with Crippen molar-refractivity contribution in [1.82, 2.24) is 4.90 Å². The highest BCUT2D eigenvalue weighted by molar-refractivity contribution is 6.34. The highest BCUT2D eigenvalue weighted by Gasteiger charge is 2.58. The van der Waals surface area contributed by atoms with Gasteiger partial charge in [0.1, 0.15) is 12.4 Å². The number of hydrogen-bond acceptors (Lipinski definition) is 3. The fraction of sp³-hybridized carbons (Fsp3) is 0.391. The van der Waals surface area contributed by atoms with E-state index in [0.717, 1.165) is 30.4 Å². The fourth-order valence-electron chi connectivity index (χ4n) is 4.34. The number of nitrogens with zero attached hydrogens (tertiary/aromatic N) is 1. The summed E-state index contributed by atoms with van der Waals surface area (Å²) in [6.07, 6.45) is 2.68. The van der Waals surface area contributed by atoms with Gasteiger partial charge in [0, 0.05) is 35.5 Å². The van der Waals surface area contributed by atoms with Crippen LogP contribution < -0.4 is 0 Å². The first kappa shape index (κ1) is 20.2. The minimum absolute atomic E-state index is 0.0513. The molecule has 0 N–H and O–H groups in total. The van der Waals surface area contributed by atoms with Gasteiger partial charge in [-0.15, -0.1) is 0 Å². The van der Waals surface area contributed by atoms with Crippen molar-refractivity contribution in [2.75, 3.05) is 13.1 Å². The third-order valence-corrected chi connectivity index (χ3v) is 6.54. The van der Waals surface area contributed by atoms with Gasteiger partial charge in [-0.25, -0.2) is 4.79 Å². The summed E-state index contributed by atoms with van der Waals surface area (Å²) in [5.41, 5.74) is 1.88. The first-order valence-electron chi connectivity index (χ1n) is 9.88. The predicted molar refractivity (Wildman–Crippen MR) is 113 cm³/mol. The van der Waals surface area contributed by atoms with Gasteiger partial charge in [0.15, 0.2) is 0 Å². The standard InChI is InChI=1S/C23H23Cl2NO3/c24-18-10-17(11-19(25)13-18)12-21(27)20-14-23(20)6-8-26(9-7-23)22(28)29-15-16-4-2-1-3-5-16/h1-5,10-11,13,20H,6-9,12,14-15H2. The van der Waals surface area contributed by atoms with Crippen LogP contribution in [0.3, 0.4) is 0 Å². The van der Waals surface area contributed by atoms with Crippen LogP contribution in [0.25, 0.3) is 0 Å². The molecule has 1 unspecified atom stereocenters. The third kappa shape index (κ3) is 4.76. The number of amides is 1. The highest BCUT2D eigenvalue weighted by atomic mass is 35.5. The Morgan fingerprint density at radius 3 is 2.31 bits per heavy atom. The molecule has 1 spiro atoms. The van der Waals surface area contributed by atoms with Gasteiger partial charge in [-0.1, -0.05) is 53.5 Å². The lowest BCUT2D eigenvalue weighted by molar-refractivity contribution is -0.120. The molecule has 152 valence electrons. The van der Waals surface area contributed by atoms with Crippen LogP contribution in [0.5, 0.6) is 0 Å². The summed E-state index contributed by atoms with van der Waals surface area (Å²) in [4.78, 5) is 26.8. The van der Waals surface area contributed by atoms with E-state index in [0.29, 0.717) is 29.6 Å². The Morgan fingerprint density at radius 1 is 1.00 bits per heavy atom. The van der Waals surface area contributed by atoms with E-state index in [1.807, 2.05) is 30.3 Å². The van der Waals surface area contributed by atoms with E-state index < -0.39 is 0 Å². The number of ether oxygens (including phenoxy) is 1. The van der Waals surface area contributed by atoms with Crippen molar-refractivity contribution >= 4 is 35.1 Å². The zero-order valence-electron chi connectivity index (χ0n) is 16.1. The molecule has 0 aromatic heterocycles. The van der Waals surface area contributed by atoms with E-state index >= 15 is 0 Å². The zero-order valence-corrected chi connectivity index (χ0v) is 17.6. The largest absolute Gasteiger partial charge is 0.445 e.